The molecule has 0 amide bonds. The van der Waals surface area contributed by atoms with Gasteiger partial charge in [0.1, 0.15) is 0 Å². The molecular weight excluding hydrogens is 402 g/mol. The molecular formula is C23H22BrNO2. The molecule has 0 heterocycles. The Bertz CT molecular complexity index is 907. The van der Waals surface area contributed by atoms with Gasteiger partial charge in [-0.25, -0.2) is 4.79 Å². The largest absolute Gasteiger partial charge is 0.462 e. The maximum Gasteiger partial charge on any atom is 0.340 e. The molecule has 0 aliphatic heterocycles. The Hall–Kier alpha value is -2.59. The van der Waals surface area contributed by atoms with Gasteiger partial charge in [0.2, 0.25) is 0 Å². The normalized spacial score (nSPS) is 11.7. The van der Waals surface area contributed by atoms with Crippen LogP contribution in [0.2, 0.25) is 0 Å². The molecule has 1 unspecified atom stereocenters. The van der Waals surface area contributed by atoms with Crippen LogP contribution in [0, 0.1) is 0 Å². The Morgan fingerprint density at radius 1 is 1.00 bits per heavy atom. The van der Waals surface area contributed by atoms with Crippen LogP contribution in [0.3, 0.4) is 0 Å². The van der Waals surface area contributed by atoms with Crippen LogP contribution >= 0.6 is 15.9 Å². The third-order valence-corrected chi connectivity index (χ3v) is 4.89. The number of benzene rings is 3. The maximum absolute atomic E-state index is 12.6. The molecule has 4 heteroatoms. The average Bonchev–Trinajstić information content (AvgIpc) is 2.70. The van der Waals surface area contributed by atoms with Gasteiger partial charge >= 0.3 is 5.97 Å². The van der Waals surface area contributed by atoms with E-state index in [1.165, 1.54) is 0 Å². The molecule has 0 aromatic heterocycles. The first kappa shape index (κ1) is 19.2. The Balaban J connectivity index is 1.95. The first-order chi connectivity index (χ1) is 13.1. The van der Waals surface area contributed by atoms with Crippen molar-refractivity contribution in [3.63, 3.8) is 0 Å². The lowest BCUT2D eigenvalue weighted by Gasteiger charge is -2.19. The highest BCUT2D eigenvalue weighted by Crippen LogP contribution is 2.29. The Morgan fingerprint density at radius 3 is 2.33 bits per heavy atom. The molecule has 0 aliphatic carbocycles. The molecule has 0 bridgehead atoms. The van der Waals surface area contributed by atoms with E-state index < -0.39 is 0 Å². The summed E-state index contributed by atoms with van der Waals surface area (Å²) in [5.41, 5.74) is 4.49. The zero-order chi connectivity index (χ0) is 19.2. The zero-order valence-corrected chi connectivity index (χ0v) is 17.0. The van der Waals surface area contributed by atoms with Gasteiger partial charge in [0.15, 0.2) is 0 Å². The van der Waals surface area contributed by atoms with Crippen molar-refractivity contribution >= 4 is 27.6 Å². The van der Waals surface area contributed by atoms with E-state index in [2.05, 4.69) is 40.3 Å². The second-order valence-electron chi connectivity index (χ2n) is 6.26. The summed E-state index contributed by atoms with van der Waals surface area (Å²) in [6.45, 7) is 4.23. The first-order valence-electron chi connectivity index (χ1n) is 8.97. The molecule has 3 nitrogen and oxygen atoms in total. The van der Waals surface area contributed by atoms with Crippen molar-refractivity contribution in [3.05, 3.63) is 88.4 Å². The fourth-order valence-corrected chi connectivity index (χ4v) is 3.19. The van der Waals surface area contributed by atoms with Crippen molar-refractivity contribution in [3.8, 4) is 11.1 Å². The molecule has 0 spiro atoms. The number of carbonyl (C=O) groups is 1. The van der Waals surface area contributed by atoms with E-state index in [1.54, 1.807) is 0 Å². The highest BCUT2D eigenvalue weighted by atomic mass is 79.9. The van der Waals surface area contributed by atoms with Gasteiger partial charge in [0.05, 0.1) is 12.2 Å². The summed E-state index contributed by atoms with van der Waals surface area (Å²) in [4.78, 5) is 12.6. The van der Waals surface area contributed by atoms with Crippen LogP contribution in [0.5, 0.6) is 0 Å². The monoisotopic (exact) mass is 423 g/mol. The highest BCUT2D eigenvalue weighted by Gasteiger charge is 2.16. The summed E-state index contributed by atoms with van der Waals surface area (Å²) >= 11 is 3.45. The van der Waals surface area contributed by atoms with Crippen LogP contribution in [0.4, 0.5) is 5.69 Å². The predicted octanol–water partition coefficient (Wildman–Crippen LogP) is 6.47. The van der Waals surface area contributed by atoms with E-state index >= 15 is 0 Å². The number of ether oxygens (including phenoxy) is 1. The summed E-state index contributed by atoms with van der Waals surface area (Å²) in [7, 11) is 0. The fourth-order valence-electron chi connectivity index (χ4n) is 2.93. The van der Waals surface area contributed by atoms with Gasteiger partial charge in [-0.2, -0.15) is 0 Å². The minimum atomic E-state index is -0.320. The highest BCUT2D eigenvalue weighted by molar-refractivity contribution is 9.10. The van der Waals surface area contributed by atoms with Gasteiger partial charge in [-0.1, -0.05) is 64.5 Å². The second-order valence-corrected chi connectivity index (χ2v) is 7.18. The molecule has 27 heavy (non-hydrogen) atoms. The summed E-state index contributed by atoms with van der Waals surface area (Å²) in [5, 5.41) is 3.45. The van der Waals surface area contributed by atoms with Gasteiger partial charge in [-0.15, -0.1) is 0 Å². The van der Waals surface area contributed by atoms with Crippen LogP contribution in [-0.2, 0) is 4.74 Å². The summed E-state index contributed by atoms with van der Waals surface area (Å²) in [6, 6.07) is 24.1. The van der Waals surface area contributed by atoms with Gasteiger partial charge < -0.3 is 10.1 Å². The molecule has 3 aromatic carbocycles. The standard InChI is InChI=1S/C23H22BrNO2/c1-3-27-23(26)21-15-19(18-9-12-20(24)13-10-18)11-14-22(21)25-16(2)17-7-5-4-6-8-17/h4-16,25H,3H2,1-2H3. The van der Waals surface area contributed by atoms with Crippen LogP contribution in [0.1, 0.15) is 35.8 Å². The number of carbonyl (C=O) groups excluding carboxylic acids is 1. The Labute approximate surface area is 168 Å². The van der Waals surface area contributed by atoms with Gasteiger partial charge in [0.25, 0.3) is 0 Å². The number of esters is 1. The van der Waals surface area contributed by atoms with Crippen molar-refractivity contribution in [2.45, 2.75) is 19.9 Å². The molecule has 0 aliphatic rings. The molecule has 1 atom stereocenters. The number of rotatable bonds is 6. The number of hydrogen-bond donors (Lipinski definition) is 1. The molecule has 0 fully saturated rings. The molecule has 1 N–H and O–H groups in total. The Kier molecular flexibility index (Phi) is 6.30. The topological polar surface area (TPSA) is 38.3 Å². The van der Waals surface area contributed by atoms with Crippen LogP contribution in [-0.4, -0.2) is 12.6 Å². The minimum absolute atomic E-state index is 0.0675. The third kappa shape index (κ3) is 4.77. The number of halogens is 1. The Morgan fingerprint density at radius 2 is 1.67 bits per heavy atom. The minimum Gasteiger partial charge on any atom is -0.462 e. The molecule has 3 rings (SSSR count). The van der Waals surface area contributed by atoms with Crippen LogP contribution < -0.4 is 5.32 Å². The van der Waals surface area contributed by atoms with Crippen molar-refractivity contribution in [1.29, 1.82) is 0 Å². The lowest BCUT2D eigenvalue weighted by atomic mass is 10.0. The van der Waals surface area contributed by atoms with Crippen LogP contribution in [0.25, 0.3) is 11.1 Å². The smallest absolute Gasteiger partial charge is 0.340 e. The zero-order valence-electron chi connectivity index (χ0n) is 15.4. The van der Waals surface area contributed by atoms with E-state index in [-0.39, 0.29) is 12.0 Å². The van der Waals surface area contributed by atoms with Crippen molar-refractivity contribution in [1.82, 2.24) is 0 Å². The van der Waals surface area contributed by atoms with Gasteiger partial charge in [-0.3, -0.25) is 0 Å². The van der Waals surface area contributed by atoms with E-state index in [9.17, 15) is 4.79 Å². The molecule has 0 saturated heterocycles. The van der Waals surface area contributed by atoms with E-state index in [0.717, 1.165) is 26.9 Å². The van der Waals surface area contributed by atoms with E-state index in [1.807, 2.05) is 67.6 Å². The second kappa shape index (κ2) is 8.87. The SMILES string of the molecule is CCOC(=O)c1cc(-c2ccc(Br)cc2)ccc1NC(C)c1ccccc1. The van der Waals surface area contributed by atoms with Gasteiger partial charge in [-0.05, 0) is 54.8 Å². The van der Waals surface area contributed by atoms with E-state index in [0.29, 0.717) is 12.2 Å². The van der Waals surface area contributed by atoms with Crippen LogP contribution in [0.15, 0.2) is 77.3 Å². The summed E-state index contributed by atoms with van der Waals surface area (Å²) < 4.78 is 6.30. The van der Waals surface area contributed by atoms with Crippen molar-refractivity contribution < 1.29 is 9.53 Å². The first-order valence-corrected chi connectivity index (χ1v) is 9.76. The number of anilines is 1. The molecule has 0 radical (unpaired) electrons. The predicted molar refractivity (Wildman–Crippen MR) is 114 cm³/mol. The quantitative estimate of drug-likeness (QED) is 0.461. The van der Waals surface area contributed by atoms with Gasteiger partial charge in [0, 0.05) is 16.2 Å². The number of hydrogen-bond acceptors (Lipinski definition) is 3. The lowest BCUT2D eigenvalue weighted by Crippen LogP contribution is -2.13. The molecule has 0 saturated carbocycles. The van der Waals surface area contributed by atoms with E-state index in [4.69, 9.17) is 4.74 Å². The molecule has 138 valence electrons. The number of nitrogens with one attached hydrogen (secondary N) is 1. The summed E-state index contributed by atoms with van der Waals surface area (Å²) in [5.74, 6) is -0.320. The molecule has 3 aromatic rings. The maximum atomic E-state index is 12.6. The van der Waals surface area contributed by atoms with Crippen molar-refractivity contribution in [2.24, 2.45) is 0 Å². The summed E-state index contributed by atoms with van der Waals surface area (Å²) in [6.07, 6.45) is 0. The third-order valence-electron chi connectivity index (χ3n) is 4.36. The lowest BCUT2D eigenvalue weighted by molar-refractivity contribution is 0.0527. The average molecular weight is 424 g/mol. The fraction of sp³-hybridized carbons (Fsp3) is 0.174. The van der Waals surface area contributed by atoms with Crippen molar-refractivity contribution in [2.75, 3.05) is 11.9 Å².